The molecule has 1 aromatic heterocycles. The summed E-state index contributed by atoms with van der Waals surface area (Å²) >= 11 is 0. The van der Waals surface area contributed by atoms with Crippen LogP contribution in [-0.4, -0.2) is 20.7 Å². The van der Waals surface area contributed by atoms with Gasteiger partial charge in [-0.2, -0.15) is 4.68 Å². The van der Waals surface area contributed by atoms with Gasteiger partial charge in [0.15, 0.2) is 0 Å². The van der Waals surface area contributed by atoms with E-state index in [1.54, 1.807) is 0 Å². The fraction of sp³-hybridized carbons (Fsp3) is 0.0833. The zero-order chi connectivity index (χ0) is 14.7. The molecule has 102 valence electrons. The van der Waals surface area contributed by atoms with Gasteiger partial charge < -0.3 is 4.74 Å². The number of nitrogens with zero attached hydrogens (tertiary/aromatic N) is 3. The molecule has 0 atom stereocenters. The van der Waals surface area contributed by atoms with Crippen LogP contribution in [0.25, 0.3) is 5.69 Å². The van der Waals surface area contributed by atoms with E-state index in [4.69, 9.17) is 4.74 Å². The van der Waals surface area contributed by atoms with Crippen LogP contribution in [0.4, 0.5) is 5.69 Å². The molecular formula is C12H9N3O5. The summed E-state index contributed by atoms with van der Waals surface area (Å²) in [6, 6.07) is 7.72. The highest BCUT2D eigenvalue weighted by atomic mass is 16.6. The van der Waals surface area contributed by atoms with E-state index in [2.05, 4.69) is 5.10 Å². The second kappa shape index (κ2) is 5.31. The van der Waals surface area contributed by atoms with E-state index >= 15 is 0 Å². The Morgan fingerprint density at radius 3 is 2.45 bits per heavy atom. The van der Waals surface area contributed by atoms with E-state index in [0.717, 1.165) is 4.68 Å². The molecule has 0 saturated heterocycles. The summed E-state index contributed by atoms with van der Waals surface area (Å²) in [5, 5.41) is 14.4. The molecule has 0 N–H and O–H groups in total. The Kier molecular flexibility index (Phi) is 3.56. The Morgan fingerprint density at radius 2 is 1.90 bits per heavy atom. The number of nitro groups is 1. The molecule has 0 amide bonds. The van der Waals surface area contributed by atoms with E-state index in [1.807, 2.05) is 0 Å². The summed E-state index contributed by atoms with van der Waals surface area (Å²) in [5.74, 6) is -0.596. The minimum atomic E-state index is -0.564. The van der Waals surface area contributed by atoms with Crippen LogP contribution >= 0.6 is 0 Å². The third-order valence-corrected chi connectivity index (χ3v) is 2.33. The maximum Gasteiger partial charge on any atom is 0.309 e. The fourth-order valence-corrected chi connectivity index (χ4v) is 1.50. The van der Waals surface area contributed by atoms with Gasteiger partial charge in [-0.05, 0) is 12.1 Å². The minimum Gasteiger partial charge on any atom is -0.406 e. The first kappa shape index (κ1) is 13.4. The molecule has 0 aliphatic heterocycles. The highest BCUT2D eigenvalue weighted by molar-refractivity contribution is 5.68. The predicted octanol–water partition coefficient (Wildman–Crippen LogP) is 1.07. The lowest BCUT2D eigenvalue weighted by Gasteiger charge is -2.06. The zero-order valence-electron chi connectivity index (χ0n) is 10.3. The fourth-order valence-electron chi connectivity index (χ4n) is 1.50. The number of aromatic nitrogens is 2. The van der Waals surface area contributed by atoms with Crippen LogP contribution < -0.4 is 10.3 Å². The maximum atomic E-state index is 11.7. The van der Waals surface area contributed by atoms with Crippen molar-refractivity contribution in [3.05, 3.63) is 56.9 Å². The van der Waals surface area contributed by atoms with Gasteiger partial charge in [-0.15, -0.1) is 5.10 Å². The smallest absolute Gasteiger partial charge is 0.309 e. The zero-order valence-corrected chi connectivity index (χ0v) is 10.3. The van der Waals surface area contributed by atoms with Gasteiger partial charge in [0, 0.05) is 31.2 Å². The summed E-state index contributed by atoms with van der Waals surface area (Å²) in [6.07, 6.45) is 0. The van der Waals surface area contributed by atoms with Crippen LogP contribution in [0.2, 0.25) is 0 Å². The topological polar surface area (TPSA) is 104 Å². The molecule has 0 fully saturated rings. The molecule has 0 spiro atoms. The lowest BCUT2D eigenvalue weighted by atomic mass is 10.3. The van der Waals surface area contributed by atoms with Crippen molar-refractivity contribution in [3.63, 3.8) is 0 Å². The Morgan fingerprint density at radius 1 is 1.25 bits per heavy atom. The number of esters is 1. The van der Waals surface area contributed by atoms with Gasteiger partial charge in [-0.3, -0.25) is 19.7 Å². The van der Waals surface area contributed by atoms with Crippen molar-refractivity contribution in [2.75, 3.05) is 0 Å². The lowest BCUT2D eigenvalue weighted by Crippen LogP contribution is -2.21. The molecule has 0 aliphatic rings. The maximum absolute atomic E-state index is 11.7. The SMILES string of the molecule is CC(=O)Oc1ccc(=O)n(-c2ccc([N+](=O)[O-])cc2)n1. The lowest BCUT2D eigenvalue weighted by molar-refractivity contribution is -0.384. The van der Waals surface area contributed by atoms with Gasteiger partial charge in [-0.25, -0.2) is 0 Å². The van der Waals surface area contributed by atoms with Gasteiger partial charge in [-0.1, -0.05) is 0 Å². The van der Waals surface area contributed by atoms with Crippen molar-refractivity contribution in [1.82, 2.24) is 9.78 Å². The molecule has 2 aromatic rings. The molecule has 8 nitrogen and oxygen atoms in total. The van der Waals surface area contributed by atoms with Gasteiger partial charge in [0.1, 0.15) is 0 Å². The Balaban J connectivity index is 2.43. The number of benzene rings is 1. The first-order valence-electron chi connectivity index (χ1n) is 5.51. The van der Waals surface area contributed by atoms with Gasteiger partial charge >= 0.3 is 5.97 Å². The minimum absolute atomic E-state index is 0.0320. The third-order valence-electron chi connectivity index (χ3n) is 2.33. The number of ether oxygens (including phenoxy) is 1. The molecule has 0 radical (unpaired) electrons. The molecule has 0 saturated carbocycles. The quantitative estimate of drug-likeness (QED) is 0.471. The van der Waals surface area contributed by atoms with Gasteiger partial charge in [0.05, 0.1) is 10.6 Å². The van der Waals surface area contributed by atoms with E-state index < -0.39 is 16.5 Å². The summed E-state index contributed by atoms with van der Waals surface area (Å²) in [6.45, 7) is 1.21. The Bertz CT molecular complexity index is 721. The average molecular weight is 275 g/mol. The summed E-state index contributed by atoms with van der Waals surface area (Å²) in [5.41, 5.74) is -0.220. The van der Waals surface area contributed by atoms with E-state index in [1.165, 1.54) is 43.3 Å². The second-order valence-electron chi connectivity index (χ2n) is 3.79. The molecule has 0 unspecified atom stereocenters. The molecule has 0 bridgehead atoms. The van der Waals surface area contributed by atoms with E-state index in [-0.39, 0.29) is 11.6 Å². The highest BCUT2D eigenvalue weighted by Crippen LogP contribution is 2.14. The van der Waals surface area contributed by atoms with E-state index in [0.29, 0.717) is 5.69 Å². The predicted molar refractivity (Wildman–Crippen MR) is 67.8 cm³/mol. The first-order chi connectivity index (χ1) is 9.47. The summed E-state index contributed by atoms with van der Waals surface area (Å²) in [7, 11) is 0. The van der Waals surface area contributed by atoms with Gasteiger partial charge in [0.25, 0.3) is 11.2 Å². The second-order valence-corrected chi connectivity index (χ2v) is 3.79. The number of hydrogen-bond donors (Lipinski definition) is 0. The van der Waals surface area contributed by atoms with E-state index in [9.17, 15) is 19.7 Å². The first-order valence-corrected chi connectivity index (χ1v) is 5.51. The monoisotopic (exact) mass is 275 g/mol. The Hall–Kier alpha value is -3.03. The van der Waals surface area contributed by atoms with Crippen molar-refractivity contribution in [3.8, 4) is 11.6 Å². The third kappa shape index (κ3) is 2.86. The number of non-ortho nitro benzene ring substituents is 1. The molecule has 1 aromatic carbocycles. The molecule has 20 heavy (non-hydrogen) atoms. The number of carbonyl (C=O) groups excluding carboxylic acids is 1. The number of rotatable bonds is 3. The van der Waals surface area contributed by atoms with Crippen molar-refractivity contribution in [1.29, 1.82) is 0 Å². The normalized spacial score (nSPS) is 10.1. The summed E-state index contributed by atoms with van der Waals surface area (Å²) < 4.78 is 5.76. The van der Waals surface area contributed by atoms with Gasteiger partial charge in [0.2, 0.25) is 5.88 Å². The van der Waals surface area contributed by atoms with Crippen LogP contribution in [0.5, 0.6) is 5.88 Å². The number of carbonyl (C=O) groups is 1. The molecular weight excluding hydrogens is 266 g/mol. The summed E-state index contributed by atoms with van der Waals surface area (Å²) in [4.78, 5) is 32.6. The molecule has 0 aliphatic carbocycles. The standard InChI is InChI=1S/C12H9N3O5/c1-8(16)20-11-6-7-12(17)14(13-11)9-2-4-10(5-3-9)15(18)19/h2-7H,1H3. The molecule has 2 rings (SSSR count). The van der Waals surface area contributed by atoms with Crippen LogP contribution in [-0.2, 0) is 4.79 Å². The number of hydrogen-bond acceptors (Lipinski definition) is 6. The van der Waals surface area contributed by atoms with Crippen molar-refractivity contribution >= 4 is 11.7 Å². The van der Waals surface area contributed by atoms with Crippen molar-refractivity contribution < 1.29 is 14.5 Å². The largest absolute Gasteiger partial charge is 0.406 e. The Labute approximate surface area is 112 Å². The van der Waals surface area contributed by atoms with Crippen LogP contribution in [0.15, 0.2) is 41.2 Å². The highest BCUT2D eigenvalue weighted by Gasteiger charge is 2.08. The van der Waals surface area contributed by atoms with Crippen LogP contribution in [0, 0.1) is 10.1 Å². The van der Waals surface area contributed by atoms with Crippen LogP contribution in [0.1, 0.15) is 6.92 Å². The van der Waals surface area contributed by atoms with Crippen LogP contribution in [0.3, 0.4) is 0 Å². The molecule has 8 heteroatoms. The average Bonchev–Trinajstić information content (AvgIpc) is 2.40. The molecule has 1 heterocycles. The van der Waals surface area contributed by atoms with Crippen molar-refractivity contribution in [2.45, 2.75) is 6.92 Å². The number of nitro benzene ring substituents is 1. The van der Waals surface area contributed by atoms with Crippen molar-refractivity contribution in [2.24, 2.45) is 0 Å².